The number of esters is 1. The molecule has 2 atom stereocenters. The van der Waals surface area contributed by atoms with Crippen LogP contribution >= 0.6 is 0 Å². The minimum Gasteiger partial charge on any atom is -0.497 e. The third-order valence-electron chi connectivity index (χ3n) is 6.71. The molecule has 4 heteroatoms. The van der Waals surface area contributed by atoms with Crippen LogP contribution in [0.2, 0.25) is 0 Å². The highest BCUT2D eigenvalue weighted by Gasteiger charge is 2.18. The van der Waals surface area contributed by atoms with E-state index in [1.54, 1.807) is 7.11 Å². The first-order chi connectivity index (χ1) is 17.8. The monoisotopic (exact) mass is 497 g/mol. The van der Waals surface area contributed by atoms with E-state index in [1.165, 1.54) is 16.5 Å². The zero-order valence-electron chi connectivity index (χ0n) is 22.7. The van der Waals surface area contributed by atoms with E-state index in [2.05, 4.69) is 73.8 Å². The molecule has 4 aromatic rings. The molecule has 0 radical (unpaired) electrons. The maximum Gasteiger partial charge on any atom is 0.338 e. The van der Waals surface area contributed by atoms with Crippen molar-refractivity contribution in [1.82, 2.24) is 5.32 Å². The third-order valence-corrected chi connectivity index (χ3v) is 6.71. The normalized spacial score (nSPS) is 12.9. The lowest BCUT2D eigenvalue weighted by atomic mass is 9.90. The fraction of sp³-hybridized carbons (Fsp3) is 0.303. The largest absolute Gasteiger partial charge is 0.497 e. The zero-order valence-corrected chi connectivity index (χ0v) is 22.7. The molecule has 194 valence electrons. The fourth-order valence-electron chi connectivity index (χ4n) is 4.87. The van der Waals surface area contributed by atoms with E-state index in [-0.39, 0.29) is 25.6 Å². The van der Waals surface area contributed by atoms with Crippen LogP contribution in [0.25, 0.3) is 21.9 Å². The van der Waals surface area contributed by atoms with E-state index < -0.39 is 0 Å². The molecule has 4 nitrogen and oxygen atoms in total. The Kier molecular flexibility index (Phi) is 8.30. The van der Waals surface area contributed by atoms with E-state index >= 15 is 0 Å². The first kappa shape index (κ1) is 26.4. The van der Waals surface area contributed by atoms with E-state index in [4.69, 9.17) is 9.47 Å². The van der Waals surface area contributed by atoms with E-state index in [1.807, 2.05) is 45.0 Å². The summed E-state index contributed by atoms with van der Waals surface area (Å²) in [6.07, 6.45) is 0.773. The number of fused-ring (bicyclic) bond motifs is 1. The number of hydrogen-bond acceptors (Lipinski definition) is 4. The molecule has 4 aromatic carbocycles. The van der Waals surface area contributed by atoms with Crippen LogP contribution in [-0.2, 0) is 4.74 Å². The fourth-order valence-corrected chi connectivity index (χ4v) is 4.87. The summed E-state index contributed by atoms with van der Waals surface area (Å²) >= 11 is 0. The molecule has 1 N–H and O–H groups in total. The smallest absolute Gasteiger partial charge is 0.338 e. The number of carbonyl (C=O) groups excluding carboxylic acids is 1. The maximum absolute atomic E-state index is 12.7. The lowest BCUT2D eigenvalue weighted by molar-refractivity contribution is 0.0378. The number of aryl methyl sites for hydroxylation is 1. The molecule has 0 aliphatic carbocycles. The van der Waals surface area contributed by atoms with Gasteiger partial charge in [0.25, 0.3) is 0 Å². The molecule has 0 fully saturated rings. The highest BCUT2D eigenvalue weighted by Crippen LogP contribution is 2.35. The van der Waals surface area contributed by atoms with Gasteiger partial charge in [0.1, 0.15) is 5.75 Å². The summed E-state index contributed by atoms with van der Waals surface area (Å²) in [6.45, 7) is 10.2. The first-order valence-electron chi connectivity index (χ1n) is 13.0. The Hall–Kier alpha value is -3.63. The molecule has 0 heterocycles. The Morgan fingerprint density at radius 1 is 0.919 bits per heavy atom. The van der Waals surface area contributed by atoms with Gasteiger partial charge in [0.15, 0.2) is 0 Å². The molecule has 0 saturated carbocycles. The van der Waals surface area contributed by atoms with Gasteiger partial charge in [-0.3, -0.25) is 0 Å². The van der Waals surface area contributed by atoms with Gasteiger partial charge in [-0.25, -0.2) is 4.79 Å². The molecular formula is C33H39NO3. The third kappa shape index (κ3) is 6.20. The van der Waals surface area contributed by atoms with Crippen LogP contribution in [0.5, 0.6) is 5.75 Å². The second-order valence-corrected chi connectivity index (χ2v) is 9.96. The minimum absolute atomic E-state index is 0. The molecule has 1 unspecified atom stereocenters. The van der Waals surface area contributed by atoms with E-state index in [0.29, 0.717) is 5.56 Å². The quantitative estimate of drug-likeness (QED) is 0.236. The lowest BCUT2D eigenvalue weighted by Crippen LogP contribution is -2.24. The SMILES string of the molecule is CCC(N[C@H](C)c1cccc(OC)c1)c1cc(-c2cc(C)cc(C(=O)OC(C)C)c2)c2ccccc2c1.[HH]. The first-order valence-corrected chi connectivity index (χ1v) is 13.0. The molecule has 0 bridgehead atoms. The van der Waals surface area contributed by atoms with Crippen molar-refractivity contribution >= 4 is 16.7 Å². The van der Waals surface area contributed by atoms with Gasteiger partial charge in [-0.15, -0.1) is 0 Å². The second kappa shape index (κ2) is 11.6. The van der Waals surface area contributed by atoms with Crippen molar-refractivity contribution in [3.8, 4) is 16.9 Å². The average Bonchev–Trinajstić information content (AvgIpc) is 2.90. The molecule has 0 aromatic heterocycles. The van der Waals surface area contributed by atoms with Gasteiger partial charge in [-0.1, -0.05) is 49.4 Å². The van der Waals surface area contributed by atoms with Crippen molar-refractivity contribution in [2.75, 3.05) is 7.11 Å². The van der Waals surface area contributed by atoms with Crippen LogP contribution in [0.4, 0.5) is 0 Å². The van der Waals surface area contributed by atoms with Crippen molar-refractivity contribution in [3.63, 3.8) is 0 Å². The summed E-state index contributed by atoms with van der Waals surface area (Å²) in [5.41, 5.74) is 6.15. The van der Waals surface area contributed by atoms with Crippen molar-refractivity contribution in [1.29, 1.82) is 0 Å². The van der Waals surface area contributed by atoms with Crippen LogP contribution in [0.3, 0.4) is 0 Å². The predicted molar refractivity (Wildman–Crippen MR) is 154 cm³/mol. The molecule has 0 spiro atoms. The van der Waals surface area contributed by atoms with Crippen molar-refractivity contribution < 1.29 is 15.7 Å². The van der Waals surface area contributed by atoms with Gasteiger partial charge in [0, 0.05) is 13.5 Å². The zero-order chi connectivity index (χ0) is 26.5. The van der Waals surface area contributed by atoms with Gasteiger partial charge in [-0.2, -0.15) is 0 Å². The standard InChI is InChI=1S/C33H37NO3.H2/c1-7-32(34-23(5)24-12-10-13-29(19-24)36-6)27-17-25-11-8-9-14-30(25)31(20-27)26-15-22(4)16-28(18-26)33(35)37-21(2)3;/h8-21,23,32,34H,7H2,1-6H3;1H/t23-,32?;/m1./s1. The Balaban J connectivity index is 0.00000400. The second-order valence-electron chi connectivity index (χ2n) is 9.96. The number of ether oxygens (including phenoxy) is 2. The van der Waals surface area contributed by atoms with Crippen molar-refractivity contribution in [2.24, 2.45) is 0 Å². The molecule has 0 saturated heterocycles. The summed E-state index contributed by atoms with van der Waals surface area (Å²) in [7, 11) is 1.70. The number of carbonyl (C=O) groups is 1. The van der Waals surface area contributed by atoms with E-state index in [0.717, 1.165) is 34.2 Å². The van der Waals surface area contributed by atoms with Gasteiger partial charge >= 0.3 is 5.97 Å². The van der Waals surface area contributed by atoms with E-state index in [9.17, 15) is 4.79 Å². The lowest BCUT2D eigenvalue weighted by Gasteiger charge is -2.25. The van der Waals surface area contributed by atoms with Crippen LogP contribution in [0, 0.1) is 6.92 Å². The molecular weight excluding hydrogens is 458 g/mol. The van der Waals surface area contributed by atoms with Gasteiger partial charge in [0.2, 0.25) is 0 Å². The Morgan fingerprint density at radius 3 is 2.43 bits per heavy atom. The van der Waals surface area contributed by atoms with Crippen molar-refractivity contribution in [2.45, 2.75) is 59.2 Å². The summed E-state index contributed by atoms with van der Waals surface area (Å²) in [5, 5.41) is 6.17. The van der Waals surface area contributed by atoms with Crippen LogP contribution in [0.1, 0.15) is 74.7 Å². The van der Waals surface area contributed by atoms with Crippen LogP contribution in [0.15, 0.2) is 78.9 Å². The Labute approximate surface area is 222 Å². The Bertz CT molecular complexity index is 1400. The minimum atomic E-state index is -0.291. The maximum atomic E-state index is 12.7. The predicted octanol–water partition coefficient (Wildman–Crippen LogP) is 8.44. The number of methoxy groups -OCH3 is 1. The molecule has 37 heavy (non-hydrogen) atoms. The van der Waals surface area contributed by atoms with Gasteiger partial charge in [0.05, 0.1) is 18.8 Å². The summed E-state index contributed by atoms with van der Waals surface area (Å²) in [4.78, 5) is 12.7. The summed E-state index contributed by atoms with van der Waals surface area (Å²) < 4.78 is 10.9. The molecule has 0 aliphatic rings. The Morgan fingerprint density at radius 2 is 1.70 bits per heavy atom. The highest BCUT2D eigenvalue weighted by atomic mass is 16.5. The highest BCUT2D eigenvalue weighted by molar-refractivity contribution is 5.99. The summed E-state index contributed by atoms with van der Waals surface area (Å²) in [6, 6.07) is 27.5. The topological polar surface area (TPSA) is 47.6 Å². The number of benzene rings is 4. The molecule has 0 amide bonds. The number of hydrogen-bond donors (Lipinski definition) is 1. The summed E-state index contributed by atoms with van der Waals surface area (Å²) in [5.74, 6) is 0.569. The molecule has 4 rings (SSSR count). The average molecular weight is 498 g/mol. The number of nitrogens with one attached hydrogen (secondary N) is 1. The van der Waals surface area contributed by atoms with Crippen molar-refractivity contribution in [3.05, 3.63) is 101 Å². The van der Waals surface area contributed by atoms with Gasteiger partial charge < -0.3 is 14.8 Å². The van der Waals surface area contributed by atoms with Crippen LogP contribution in [-0.4, -0.2) is 19.2 Å². The van der Waals surface area contributed by atoms with Crippen LogP contribution < -0.4 is 10.1 Å². The molecule has 0 aliphatic heterocycles. The van der Waals surface area contributed by atoms with Gasteiger partial charge in [-0.05, 0) is 109 Å². The number of rotatable bonds is 9.